The molecule has 120 valence electrons. The first-order valence-electron chi connectivity index (χ1n) is 8.05. The number of aryl methyl sites for hydroxylation is 1. The average molecular weight is 311 g/mol. The van der Waals surface area contributed by atoms with Crippen molar-refractivity contribution in [3.8, 4) is 17.1 Å². The second-order valence-electron chi connectivity index (χ2n) is 6.13. The van der Waals surface area contributed by atoms with Crippen molar-refractivity contribution in [3.63, 3.8) is 0 Å². The van der Waals surface area contributed by atoms with Crippen LogP contribution >= 0.6 is 0 Å². The van der Waals surface area contributed by atoms with Gasteiger partial charge in [-0.15, -0.1) is 0 Å². The Kier molecular flexibility index (Phi) is 3.44. The fraction of sp³-hybridized carbons (Fsp3) is 0.412. The van der Waals surface area contributed by atoms with E-state index in [4.69, 9.17) is 10.5 Å². The predicted molar refractivity (Wildman–Crippen MR) is 88.8 cm³/mol. The van der Waals surface area contributed by atoms with Crippen LogP contribution in [0.25, 0.3) is 11.3 Å². The molecule has 1 unspecified atom stereocenters. The van der Waals surface area contributed by atoms with Gasteiger partial charge in [-0.1, -0.05) is 6.08 Å². The predicted octanol–water partition coefficient (Wildman–Crippen LogP) is 2.20. The van der Waals surface area contributed by atoms with E-state index in [1.54, 1.807) is 17.1 Å². The molecule has 2 aliphatic rings. The van der Waals surface area contributed by atoms with E-state index in [9.17, 15) is 0 Å². The number of rotatable bonds is 5. The van der Waals surface area contributed by atoms with Gasteiger partial charge >= 0.3 is 0 Å². The topological polar surface area (TPSA) is 69.2 Å². The van der Waals surface area contributed by atoms with Crippen LogP contribution in [-0.2, 0) is 7.05 Å². The summed E-state index contributed by atoms with van der Waals surface area (Å²) in [5.41, 5.74) is 9.83. The maximum Gasteiger partial charge on any atom is 0.223 e. The molecule has 0 spiro atoms. The lowest BCUT2D eigenvalue weighted by atomic mass is 10.1. The number of allylic oxidation sites excluding steroid dienone is 1. The van der Waals surface area contributed by atoms with Crippen molar-refractivity contribution < 1.29 is 4.74 Å². The second-order valence-corrected chi connectivity index (χ2v) is 6.13. The van der Waals surface area contributed by atoms with Gasteiger partial charge in [-0.05, 0) is 31.4 Å². The van der Waals surface area contributed by atoms with Crippen molar-refractivity contribution in [2.75, 3.05) is 18.9 Å². The summed E-state index contributed by atoms with van der Waals surface area (Å²) in [7, 11) is 1.90. The Morgan fingerprint density at radius 3 is 3.00 bits per heavy atom. The minimum atomic E-state index is 0.614. The van der Waals surface area contributed by atoms with Crippen LogP contribution in [0.5, 0.6) is 5.88 Å². The van der Waals surface area contributed by atoms with Crippen molar-refractivity contribution in [1.82, 2.24) is 19.7 Å². The molecular weight excluding hydrogens is 290 g/mol. The van der Waals surface area contributed by atoms with Gasteiger partial charge in [0.2, 0.25) is 5.88 Å². The fourth-order valence-electron chi connectivity index (χ4n) is 3.56. The van der Waals surface area contributed by atoms with E-state index in [-0.39, 0.29) is 0 Å². The smallest absolute Gasteiger partial charge is 0.223 e. The first-order chi connectivity index (χ1) is 11.2. The Balaban J connectivity index is 1.49. The van der Waals surface area contributed by atoms with Crippen LogP contribution in [0.15, 0.2) is 36.3 Å². The molecule has 0 saturated carbocycles. The van der Waals surface area contributed by atoms with Gasteiger partial charge in [0.05, 0.1) is 29.7 Å². The molecule has 4 heterocycles. The maximum atomic E-state index is 5.98. The van der Waals surface area contributed by atoms with Crippen molar-refractivity contribution >= 4 is 5.69 Å². The lowest BCUT2D eigenvalue weighted by Crippen LogP contribution is -2.28. The summed E-state index contributed by atoms with van der Waals surface area (Å²) in [4.78, 5) is 6.84. The van der Waals surface area contributed by atoms with Gasteiger partial charge < -0.3 is 15.4 Å². The van der Waals surface area contributed by atoms with Crippen molar-refractivity contribution in [2.24, 2.45) is 7.05 Å². The van der Waals surface area contributed by atoms with E-state index >= 15 is 0 Å². The van der Waals surface area contributed by atoms with Gasteiger partial charge in [0, 0.05) is 25.0 Å². The molecule has 6 nitrogen and oxygen atoms in total. The van der Waals surface area contributed by atoms with Gasteiger partial charge in [0.25, 0.3) is 0 Å². The number of nitrogens with two attached hydrogens (primary N) is 1. The SMILES string of the molecule is Cn1nccc1-c1cc(N)cnc1OCCN1C2=CCC1CC2. The zero-order valence-corrected chi connectivity index (χ0v) is 13.3. The third-order valence-electron chi connectivity index (χ3n) is 4.71. The second kappa shape index (κ2) is 5.61. The van der Waals surface area contributed by atoms with Gasteiger partial charge in [-0.25, -0.2) is 4.98 Å². The molecule has 2 aliphatic heterocycles. The molecule has 1 atom stereocenters. The quantitative estimate of drug-likeness (QED) is 0.916. The van der Waals surface area contributed by atoms with E-state index < -0.39 is 0 Å². The molecule has 0 aromatic carbocycles. The highest BCUT2D eigenvalue weighted by Gasteiger charge is 2.31. The normalized spacial score (nSPS) is 19.3. The lowest BCUT2D eigenvalue weighted by Gasteiger charge is -2.22. The molecule has 0 aliphatic carbocycles. The van der Waals surface area contributed by atoms with Crippen molar-refractivity contribution in [1.29, 1.82) is 0 Å². The van der Waals surface area contributed by atoms with E-state index in [1.165, 1.54) is 25.0 Å². The summed E-state index contributed by atoms with van der Waals surface area (Å²) in [5, 5.41) is 4.21. The summed E-state index contributed by atoms with van der Waals surface area (Å²) >= 11 is 0. The van der Waals surface area contributed by atoms with Crippen LogP contribution in [0.3, 0.4) is 0 Å². The van der Waals surface area contributed by atoms with E-state index in [1.807, 2.05) is 19.2 Å². The Labute approximate surface area is 135 Å². The molecule has 2 bridgehead atoms. The number of nitrogens with zero attached hydrogens (tertiary/aromatic N) is 4. The highest BCUT2D eigenvalue weighted by molar-refractivity contribution is 5.68. The van der Waals surface area contributed by atoms with Gasteiger partial charge in [0.15, 0.2) is 0 Å². The highest BCUT2D eigenvalue weighted by Crippen LogP contribution is 2.36. The minimum absolute atomic E-state index is 0.614. The van der Waals surface area contributed by atoms with Gasteiger partial charge in [-0.2, -0.15) is 5.10 Å². The minimum Gasteiger partial charge on any atom is -0.475 e. The molecule has 2 aromatic heterocycles. The Hall–Kier alpha value is -2.50. The van der Waals surface area contributed by atoms with E-state index in [0.29, 0.717) is 24.2 Å². The standard InChI is InChI=1S/C17H21N5O/c1-21-16(6-7-20-21)15-10-12(18)11-19-17(15)23-9-8-22-13-2-3-14(22)5-4-13/h2,6-7,10-11,14H,3-5,8-9,18H2,1H3. The lowest BCUT2D eigenvalue weighted by molar-refractivity contribution is 0.228. The molecule has 2 aromatic rings. The van der Waals surface area contributed by atoms with Crippen LogP contribution < -0.4 is 10.5 Å². The number of anilines is 1. The summed E-state index contributed by atoms with van der Waals surface area (Å²) in [6.45, 7) is 1.53. The number of aromatic nitrogens is 3. The van der Waals surface area contributed by atoms with E-state index in [0.717, 1.165) is 17.8 Å². The largest absolute Gasteiger partial charge is 0.475 e. The summed E-state index contributed by atoms with van der Waals surface area (Å²) in [5.74, 6) is 0.614. The molecule has 23 heavy (non-hydrogen) atoms. The maximum absolute atomic E-state index is 5.98. The van der Waals surface area contributed by atoms with Crippen LogP contribution in [-0.4, -0.2) is 38.9 Å². The Morgan fingerprint density at radius 2 is 2.35 bits per heavy atom. The zero-order valence-electron chi connectivity index (χ0n) is 13.3. The molecular formula is C17H21N5O. The third-order valence-corrected chi connectivity index (χ3v) is 4.71. The Bertz CT molecular complexity index is 751. The first kappa shape index (κ1) is 14.1. The number of hydrogen-bond acceptors (Lipinski definition) is 5. The molecule has 6 heteroatoms. The number of ether oxygens (including phenoxy) is 1. The number of fused-ring (bicyclic) bond motifs is 2. The summed E-state index contributed by atoms with van der Waals surface area (Å²) in [6, 6.07) is 4.51. The Morgan fingerprint density at radius 1 is 1.43 bits per heavy atom. The zero-order chi connectivity index (χ0) is 15.8. The molecule has 1 fully saturated rings. The van der Waals surface area contributed by atoms with Crippen molar-refractivity contribution in [3.05, 3.63) is 36.3 Å². The highest BCUT2D eigenvalue weighted by atomic mass is 16.5. The summed E-state index contributed by atoms with van der Waals surface area (Å²) < 4.78 is 7.78. The third kappa shape index (κ3) is 2.54. The fourth-order valence-corrected chi connectivity index (χ4v) is 3.56. The van der Waals surface area contributed by atoms with Crippen LogP contribution in [0.4, 0.5) is 5.69 Å². The molecule has 0 amide bonds. The van der Waals surface area contributed by atoms with Gasteiger partial charge in [-0.3, -0.25) is 4.68 Å². The van der Waals surface area contributed by atoms with Crippen LogP contribution in [0, 0.1) is 0 Å². The van der Waals surface area contributed by atoms with Crippen molar-refractivity contribution in [2.45, 2.75) is 25.3 Å². The molecule has 2 N–H and O–H groups in total. The van der Waals surface area contributed by atoms with Gasteiger partial charge in [0.1, 0.15) is 6.61 Å². The summed E-state index contributed by atoms with van der Waals surface area (Å²) in [6.07, 6.45) is 9.44. The monoisotopic (exact) mass is 311 g/mol. The number of hydrogen-bond donors (Lipinski definition) is 1. The van der Waals surface area contributed by atoms with Crippen LogP contribution in [0.2, 0.25) is 0 Å². The van der Waals surface area contributed by atoms with Crippen LogP contribution in [0.1, 0.15) is 19.3 Å². The molecule has 1 saturated heterocycles. The molecule has 4 rings (SSSR count). The molecule has 0 radical (unpaired) electrons. The number of nitrogen functional groups attached to an aromatic ring is 1. The van der Waals surface area contributed by atoms with E-state index in [2.05, 4.69) is 21.1 Å². The number of pyridine rings is 1. The first-order valence-corrected chi connectivity index (χ1v) is 8.05. The average Bonchev–Trinajstić information content (AvgIpc) is 3.25.